The van der Waals surface area contributed by atoms with E-state index in [2.05, 4.69) is 9.62 Å². The average Bonchev–Trinajstić information content (AvgIpc) is 2.41. The number of nitro groups is 1. The first-order valence-electron chi connectivity index (χ1n) is 6.48. The molecule has 0 aromatic heterocycles. The van der Waals surface area contributed by atoms with Gasteiger partial charge in [0.05, 0.1) is 9.82 Å². The van der Waals surface area contributed by atoms with Gasteiger partial charge in [0, 0.05) is 12.1 Å². The Morgan fingerprint density at radius 3 is 2.57 bits per heavy atom. The molecule has 1 aromatic carbocycles. The molecule has 0 spiro atoms. The Morgan fingerprint density at radius 1 is 1.38 bits per heavy atom. The maximum atomic E-state index is 12.2. The van der Waals surface area contributed by atoms with E-state index >= 15 is 0 Å². The SMILES string of the molecule is CN1CCC(NS(=O)(=O)c2ccc(O)c([N+](=O)[O-])c2)CC1. The molecule has 9 heteroatoms. The van der Waals surface area contributed by atoms with Gasteiger partial charge in [-0.05, 0) is 45.1 Å². The van der Waals surface area contributed by atoms with Crippen molar-refractivity contribution < 1.29 is 18.4 Å². The second kappa shape index (κ2) is 5.96. The number of sulfonamides is 1. The van der Waals surface area contributed by atoms with E-state index in [-0.39, 0.29) is 10.9 Å². The second-order valence-electron chi connectivity index (χ2n) is 5.11. The van der Waals surface area contributed by atoms with Gasteiger partial charge in [0.2, 0.25) is 10.0 Å². The van der Waals surface area contributed by atoms with Crippen LogP contribution < -0.4 is 4.72 Å². The van der Waals surface area contributed by atoms with Crippen LogP contribution in [0.4, 0.5) is 5.69 Å². The van der Waals surface area contributed by atoms with Crippen LogP contribution in [0.3, 0.4) is 0 Å². The zero-order chi connectivity index (χ0) is 15.6. The highest BCUT2D eigenvalue weighted by Crippen LogP contribution is 2.28. The lowest BCUT2D eigenvalue weighted by molar-refractivity contribution is -0.386. The number of aromatic hydroxyl groups is 1. The van der Waals surface area contributed by atoms with Gasteiger partial charge in [0.25, 0.3) is 0 Å². The number of nitrogens with one attached hydrogen (secondary N) is 1. The van der Waals surface area contributed by atoms with Crippen molar-refractivity contribution in [1.29, 1.82) is 0 Å². The molecule has 1 fully saturated rings. The Labute approximate surface area is 122 Å². The predicted octanol–water partition coefficient (Wildman–Crippen LogP) is 0.673. The van der Waals surface area contributed by atoms with E-state index in [9.17, 15) is 23.6 Å². The van der Waals surface area contributed by atoms with Crippen LogP contribution in [0.2, 0.25) is 0 Å². The molecule has 0 amide bonds. The minimum Gasteiger partial charge on any atom is -0.502 e. The summed E-state index contributed by atoms with van der Waals surface area (Å²) < 4.78 is 27.0. The molecule has 116 valence electrons. The zero-order valence-electron chi connectivity index (χ0n) is 11.5. The zero-order valence-corrected chi connectivity index (χ0v) is 12.3. The fourth-order valence-electron chi connectivity index (χ4n) is 2.23. The summed E-state index contributed by atoms with van der Waals surface area (Å²) in [5.74, 6) is -0.557. The highest BCUT2D eigenvalue weighted by molar-refractivity contribution is 7.89. The lowest BCUT2D eigenvalue weighted by Crippen LogP contribution is -2.43. The Bertz CT molecular complexity index is 638. The fourth-order valence-corrected chi connectivity index (χ4v) is 3.56. The monoisotopic (exact) mass is 315 g/mol. The van der Waals surface area contributed by atoms with Crippen molar-refractivity contribution in [2.75, 3.05) is 20.1 Å². The largest absolute Gasteiger partial charge is 0.502 e. The van der Waals surface area contributed by atoms with Crippen molar-refractivity contribution in [3.63, 3.8) is 0 Å². The molecule has 1 heterocycles. The second-order valence-corrected chi connectivity index (χ2v) is 6.82. The van der Waals surface area contributed by atoms with Gasteiger partial charge in [-0.2, -0.15) is 0 Å². The number of phenols is 1. The maximum absolute atomic E-state index is 12.2. The third-order valence-electron chi connectivity index (χ3n) is 3.49. The van der Waals surface area contributed by atoms with Crippen molar-refractivity contribution in [2.45, 2.75) is 23.8 Å². The van der Waals surface area contributed by atoms with Crippen LogP contribution in [0, 0.1) is 10.1 Å². The van der Waals surface area contributed by atoms with E-state index in [0.717, 1.165) is 31.3 Å². The molecular weight excluding hydrogens is 298 g/mol. The molecule has 2 rings (SSSR count). The summed E-state index contributed by atoms with van der Waals surface area (Å²) in [6.07, 6.45) is 1.38. The third-order valence-corrected chi connectivity index (χ3v) is 5.01. The average molecular weight is 315 g/mol. The molecule has 0 unspecified atom stereocenters. The minimum atomic E-state index is -3.83. The summed E-state index contributed by atoms with van der Waals surface area (Å²) in [6.45, 7) is 1.59. The van der Waals surface area contributed by atoms with E-state index in [1.54, 1.807) is 0 Å². The van der Waals surface area contributed by atoms with Crippen LogP contribution in [0.15, 0.2) is 23.1 Å². The number of likely N-dealkylation sites (tertiary alicyclic amines) is 1. The van der Waals surface area contributed by atoms with Gasteiger partial charge in [0.15, 0.2) is 5.75 Å². The standard InChI is InChI=1S/C12H17N3O5S/c1-14-6-4-9(5-7-14)13-21(19,20)10-2-3-12(16)11(8-10)15(17)18/h2-3,8-9,13,16H,4-7H2,1H3. The Morgan fingerprint density at radius 2 is 2.00 bits per heavy atom. The van der Waals surface area contributed by atoms with Crippen molar-refractivity contribution in [3.8, 4) is 5.75 Å². The minimum absolute atomic E-state index is 0.181. The van der Waals surface area contributed by atoms with Crippen molar-refractivity contribution in [2.24, 2.45) is 0 Å². The normalized spacial score (nSPS) is 17.8. The summed E-state index contributed by atoms with van der Waals surface area (Å²) in [4.78, 5) is 11.8. The van der Waals surface area contributed by atoms with Gasteiger partial charge in [-0.1, -0.05) is 0 Å². The lowest BCUT2D eigenvalue weighted by atomic mass is 10.1. The van der Waals surface area contributed by atoms with Gasteiger partial charge in [-0.15, -0.1) is 0 Å². The summed E-state index contributed by atoms with van der Waals surface area (Å²) in [7, 11) is -1.87. The first-order valence-corrected chi connectivity index (χ1v) is 7.96. The van der Waals surface area contributed by atoms with Crippen LogP contribution >= 0.6 is 0 Å². The molecule has 1 saturated heterocycles. The molecule has 0 radical (unpaired) electrons. The Kier molecular flexibility index (Phi) is 4.45. The van der Waals surface area contributed by atoms with Crippen molar-refractivity contribution in [3.05, 3.63) is 28.3 Å². The number of piperidine rings is 1. The highest BCUT2D eigenvalue weighted by Gasteiger charge is 2.25. The number of hydrogen-bond acceptors (Lipinski definition) is 6. The Hall–Kier alpha value is -1.71. The van der Waals surface area contributed by atoms with Crippen LogP contribution in [-0.2, 0) is 10.0 Å². The number of phenolic OH excluding ortho intramolecular Hbond substituents is 1. The predicted molar refractivity (Wildman–Crippen MR) is 75.6 cm³/mol. The van der Waals surface area contributed by atoms with E-state index in [0.29, 0.717) is 12.8 Å². The summed E-state index contributed by atoms with van der Waals surface area (Å²) in [5, 5.41) is 20.1. The van der Waals surface area contributed by atoms with Gasteiger partial charge >= 0.3 is 5.69 Å². The first kappa shape index (κ1) is 15.7. The first-order chi connectivity index (χ1) is 9.79. The van der Waals surface area contributed by atoms with E-state index in [4.69, 9.17) is 0 Å². The molecule has 0 aliphatic carbocycles. The smallest absolute Gasteiger partial charge is 0.312 e. The molecule has 0 atom stereocenters. The quantitative estimate of drug-likeness (QED) is 0.624. The van der Waals surface area contributed by atoms with Gasteiger partial charge in [-0.25, -0.2) is 13.1 Å². The van der Waals surface area contributed by atoms with E-state index in [1.165, 1.54) is 0 Å². The van der Waals surface area contributed by atoms with E-state index in [1.807, 2.05) is 7.05 Å². The van der Waals surface area contributed by atoms with E-state index < -0.39 is 26.4 Å². The molecule has 21 heavy (non-hydrogen) atoms. The maximum Gasteiger partial charge on any atom is 0.312 e. The molecule has 2 N–H and O–H groups in total. The van der Waals surface area contributed by atoms with Crippen LogP contribution in [0.25, 0.3) is 0 Å². The number of rotatable bonds is 4. The molecule has 1 aliphatic heterocycles. The highest BCUT2D eigenvalue weighted by atomic mass is 32.2. The number of hydrogen-bond donors (Lipinski definition) is 2. The van der Waals surface area contributed by atoms with Crippen LogP contribution in [0.1, 0.15) is 12.8 Å². The number of benzene rings is 1. The van der Waals surface area contributed by atoms with Crippen LogP contribution in [-0.4, -0.2) is 49.5 Å². The summed E-state index contributed by atoms with van der Waals surface area (Å²) >= 11 is 0. The third kappa shape index (κ3) is 3.69. The Balaban J connectivity index is 2.20. The van der Waals surface area contributed by atoms with Gasteiger partial charge in [0.1, 0.15) is 0 Å². The number of nitrogens with zero attached hydrogens (tertiary/aromatic N) is 2. The lowest BCUT2D eigenvalue weighted by Gasteiger charge is -2.29. The number of nitro benzene ring substituents is 1. The molecular formula is C12H17N3O5S. The molecule has 0 bridgehead atoms. The van der Waals surface area contributed by atoms with Gasteiger partial charge in [-0.3, -0.25) is 10.1 Å². The summed E-state index contributed by atoms with van der Waals surface area (Å²) in [6, 6.07) is 2.85. The molecule has 1 aromatic rings. The fraction of sp³-hybridized carbons (Fsp3) is 0.500. The molecule has 8 nitrogen and oxygen atoms in total. The van der Waals surface area contributed by atoms with Crippen LogP contribution in [0.5, 0.6) is 5.75 Å². The molecule has 0 saturated carbocycles. The van der Waals surface area contributed by atoms with Gasteiger partial charge < -0.3 is 10.0 Å². The summed E-state index contributed by atoms with van der Waals surface area (Å²) in [5.41, 5.74) is -0.624. The van der Waals surface area contributed by atoms with Crippen molar-refractivity contribution >= 4 is 15.7 Å². The molecule has 1 aliphatic rings. The van der Waals surface area contributed by atoms with Crippen molar-refractivity contribution in [1.82, 2.24) is 9.62 Å². The topological polar surface area (TPSA) is 113 Å².